The Morgan fingerprint density at radius 1 is 0.699 bits per heavy atom. The van der Waals surface area contributed by atoms with Crippen molar-refractivity contribution < 1.29 is 71.0 Å². The van der Waals surface area contributed by atoms with Crippen LogP contribution >= 0.6 is 15.6 Å². The number of ether oxygens (including phenoxy) is 4. The lowest BCUT2D eigenvalue weighted by Crippen LogP contribution is -2.36. The lowest BCUT2D eigenvalue weighted by molar-refractivity contribution is -0.161. The fraction of sp³-hybridized carbons (Fsp3) is 0.615. The van der Waals surface area contributed by atoms with Crippen molar-refractivity contribution in [1.82, 2.24) is 9.55 Å². The van der Waals surface area contributed by atoms with Gasteiger partial charge in [-0.1, -0.05) is 137 Å². The minimum absolute atomic E-state index is 0.0863. The fourth-order valence-corrected chi connectivity index (χ4v) is 9.42. The summed E-state index contributed by atoms with van der Waals surface area (Å²) < 4.78 is 62.4. The number of nitrogens with zero attached hydrogens (tertiary/aromatic N) is 2. The van der Waals surface area contributed by atoms with E-state index in [9.17, 15) is 43.5 Å². The standard InChI is InChI=1S/C52H81N3O16P2/c1-3-5-7-8-9-10-11-12-13-14-18-21-24-27-31-35-47(56)65-39-42(68-48(57)36-32-28-25-22-19-16-15-17-20-23-26-30-34-44-43(69-44)33-29-6-4-2)40-66-72(61,62)71-73(63,64)67-41-45-49(58)50(59)51(70-45)55-38-37-46(53)54-52(55)60/h6,10-13,16-17,19-20,25-26,28-30,37-38,42-45,49-51,58-59H,3-5,7-9,14-15,18,21-24,27,31-36,39-41H2,1-2H3,(H,61,62)(H,63,64)(H2,53,54,60)/b11-10-,13-12-,19-16-,20-17-,28-25-,29-6-,30-26-/t42-,43?,44?,45-,49-,50-,51-/m1/s1. The number of unbranched alkanes of at least 4 members (excludes halogenated alkanes) is 9. The molecule has 6 N–H and O–H groups in total. The number of esters is 2. The molecule has 0 aliphatic carbocycles. The Balaban J connectivity index is 1.42. The number of phosphoric acid groups is 2. The number of nitrogens with two attached hydrogens (primary N) is 1. The summed E-state index contributed by atoms with van der Waals surface area (Å²) in [7, 11) is -10.9. The van der Waals surface area contributed by atoms with Crippen molar-refractivity contribution in [2.75, 3.05) is 25.6 Å². The van der Waals surface area contributed by atoms with Gasteiger partial charge in [-0.15, -0.1) is 0 Å². The number of phosphoric ester groups is 2. The van der Waals surface area contributed by atoms with E-state index >= 15 is 0 Å². The number of allylic oxidation sites excluding steroid dienone is 12. The summed E-state index contributed by atoms with van der Waals surface area (Å²) in [5, 5.41) is 20.9. The molecule has 21 heteroatoms. The molecule has 1 aromatic heterocycles. The highest BCUT2D eigenvalue weighted by molar-refractivity contribution is 7.61. The fourth-order valence-electron chi connectivity index (χ4n) is 7.31. The van der Waals surface area contributed by atoms with Gasteiger partial charge < -0.3 is 44.7 Å². The Hall–Kier alpha value is -4.10. The number of rotatable bonds is 40. The third-order valence-electron chi connectivity index (χ3n) is 11.4. The van der Waals surface area contributed by atoms with Crippen LogP contribution in [-0.4, -0.2) is 97.9 Å². The summed E-state index contributed by atoms with van der Waals surface area (Å²) in [5.74, 6) is -1.43. The van der Waals surface area contributed by atoms with Crippen LogP contribution < -0.4 is 11.4 Å². The number of carbonyl (C=O) groups is 2. The third kappa shape index (κ3) is 29.0. The van der Waals surface area contributed by atoms with Crippen molar-refractivity contribution in [3.8, 4) is 0 Å². The summed E-state index contributed by atoms with van der Waals surface area (Å²) in [6.45, 7) is 1.92. The van der Waals surface area contributed by atoms with E-state index in [1.165, 1.54) is 31.7 Å². The molecule has 0 bridgehead atoms. The van der Waals surface area contributed by atoms with Gasteiger partial charge in [-0.2, -0.15) is 9.29 Å². The van der Waals surface area contributed by atoms with E-state index < -0.39 is 83.7 Å². The molecule has 0 radical (unpaired) electrons. The van der Waals surface area contributed by atoms with Crippen molar-refractivity contribution in [3.63, 3.8) is 0 Å². The summed E-state index contributed by atoms with van der Waals surface area (Å²) in [5.41, 5.74) is 4.58. The zero-order valence-electron chi connectivity index (χ0n) is 42.6. The topological polar surface area (TPSA) is 278 Å². The predicted molar refractivity (Wildman–Crippen MR) is 279 cm³/mol. The summed E-state index contributed by atoms with van der Waals surface area (Å²) in [6, 6.07) is 1.24. The van der Waals surface area contributed by atoms with Crippen LogP contribution in [0.3, 0.4) is 0 Å². The second-order valence-corrected chi connectivity index (χ2v) is 20.7. The number of carbonyl (C=O) groups excluding carboxylic acids is 2. The van der Waals surface area contributed by atoms with E-state index in [-0.39, 0.29) is 18.7 Å². The van der Waals surface area contributed by atoms with Crippen molar-refractivity contribution in [1.29, 1.82) is 0 Å². The molecule has 2 saturated heterocycles. The Bertz CT molecular complexity index is 2120. The van der Waals surface area contributed by atoms with Crippen molar-refractivity contribution in [2.24, 2.45) is 0 Å². The molecular weight excluding hydrogens is 985 g/mol. The Kier molecular flexibility index (Phi) is 31.8. The normalized spacial score (nSPS) is 22.4. The largest absolute Gasteiger partial charge is 0.481 e. The maximum atomic E-state index is 12.9. The quantitative estimate of drug-likeness (QED) is 0.0102. The zero-order chi connectivity index (χ0) is 53.2. The van der Waals surface area contributed by atoms with Crippen LogP contribution in [-0.2, 0) is 51.0 Å². The number of hydrogen-bond acceptors (Lipinski definition) is 16. The molecule has 73 heavy (non-hydrogen) atoms. The van der Waals surface area contributed by atoms with Gasteiger partial charge in [-0.25, -0.2) is 13.9 Å². The number of nitrogen functional groups attached to an aromatic ring is 1. The Morgan fingerprint density at radius 2 is 1.29 bits per heavy atom. The lowest BCUT2D eigenvalue weighted by atomic mass is 10.1. The van der Waals surface area contributed by atoms with E-state index in [1.807, 2.05) is 18.2 Å². The second kappa shape index (κ2) is 36.8. The van der Waals surface area contributed by atoms with E-state index in [2.05, 4.69) is 83.9 Å². The highest BCUT2D eigenvalue weighted by Crippen LogP contribution is 2.60. The summed E-state index contributed by atoms with van der Waals surface area (Å²) in [4.78, 5) is 61.9. The highest BCUT2D eigenvalue weighted by atomic mass is 31.3. The molecule has 0 saturated carbocycles. The number of aliphatic hydroxyl groups excluding tert-OH is 2. The van der Waals surface area contributed by atoms with Crippen molar-refractivity contribution >= 4 is 33.4 Å². The molecule has 3 heterocycles. The van der Waals surface area contributed by atoms with Gasteiger partial charge in [0.15, 0.2) is 12.3 Å². The van der Waals surface area contributed by atoms with Crippen LogP contribution in [0.2, 0.25) is 0 Å². The molecule has 4 unspecified atom stereocenters. The maximum Gasteiger partial charge on any atom is 0.481 e. The summed E-state index contributed by atoms with van der Waals surface area (Å²) in [6.07, 6.45) is 40.0. The minimum Gasteiger partial charge on any atom is -0.462 e. The van der Waals surface area contributed by atoms with Gasteiger partial charge >= 0.3 is 33.3 Å². The van der Waals surface area contributed by atoms with E-state index in [0.29, 0.717) is 31.5 Å². The van der Waals surface area contributed by atoms with Crippen LogP contribution in [0, 0.1) is 0 Å². The van der Waals surface area contributed by atoms with Gasteiger partial charge in [0.1, 0.15) is 30.7 Å². The Labute approximate surface area is 431 Å². The molecule has 9 atom stereocenters. The first-order valence-corrected chi connectivity index (χ1v) is 28.7. The lowest BCUT2D eigenvalue weighted by Gasteiger charge is -2.21. The molecular formula is C52H81N3O16P2. The monoisotopic (exact) mass is 1070 g/mol. The van der Waals surface area contributed by atoms with Gasteiger partial charge in [0.25, 0.3) is 0 Å². The van der Waals surface area contributed by atoms with Crippen molar-refractivity contribution in [3.05, 3.63) is 108 Å². The van der Waals surface area contributed by atoms with Crippen molar-refractivity contribution in [2.45, 2.75) is 185 Å². The number of anilines is 1. The molecule has 2 aliphatic rings. The highest BCUT2D eigenvalue weighted by Gasteiger charge is 2.46. The maximum absolute atomic E-state index is 12.9. The zero-order valence-corrected chi connectivity index (χ0v) is 44.4. The predicted octanol–water partition coefficient (Wildman–Crippen LogP) is 9.65. The first-order valence-electron chi connectivity index (χ1n) is 25.7. The van der Waals surface area contributed by atoms with Crippen LogP contribution in [0.1, 0.15) is 148 Å². The average molecular weight is 1070 g/mol. The molecule has 3 rings (SSSR count). The Morgan fingerprint density at radius 3 is 1.93 bits per heavy atom. The van der Waals surface area contributed by atoms with Gasteiger partial charge in [0.05, 0.1) is 25.4 Å². The molecule has 410 valence electrons. The molecule has 2 fully saturated rings. The van der Waals surface area contributed by atoms with E-state index in [0.717, 1.165) is 81.4 Å². The molecule has 2 aliphatic heterocycles. The van der Waals surface area contributed by atoms with E-state index in [4.69, 9.17) is 33.7 Å². The first kappa shape index (κ1) is 63.2. The third-order valence-corrected chi connectivity index (χ3v) is 14.0. The minimum atomic E-state index is -5.45. The van der Waals surface area contributed by atoms with Gasteiger partial charge in [0, 0.05) is 19.0 Å². The number of aromatic nitrogens is 2. The van der Waals surface area contributed by atoms with Crippen LogP contribution in [0.5, 0.6) is 0 Å². The number of aliphatic hydroxyl groups is 2. The summed E-state index contributed by atoms with van der Waals surface area (Å²) >= 11 is 0. The average Bonchev–Trinajstić information content (AvgIpc) is 4.04. The first-order chi connectivity index (χ1) is 35.1. The molecule has 1 aromatic rings. The number of hydrogen-bond donors (Lipinski definition) is 5. The molecule has 19 nitrogen and oxygen atoms in total. The van der Waals surface area contributed by atoms with Gasteiger partial charge in [0.2, 0.25) is 0 Å². The molecule has 0 aromatic carbocycles. The molecule has 0 spiro atoms. The van der Waals surface area contributed by atoms with Gasteiger partial charge in [-0.3, -0.25) is 23.2 Å². The van der Waals surface area contributed by atoms with Crippen LogP contribution in [0.15, 0.2) is 102 Å². The van der Waals surface area contributed by atoms with E-state index in [1.54, 1.807) is 6.08 Å². The second-order valence-electron chi connectivity index (χ2n) is 17.7. The van der Waals surface area contributed by atoms with Gasteiger partial charge in [-0.05, 0) is 83.1 Å². The van der Waals surface area contributed by atoms with Crippen LogP contribution in [0.4, 0.5) is 5.82 Å². The number of epoxide rings is 1. The SMILES string of the molecule is CC/C=C\CC1OC1C/C=C\C/C=C\C/C=C\C/C=C\CCC(=O)O[C@H](COC(=O)CCCCCCC/C=C\C=C/CCCCCC)COP(=O)(O)OP(=O)(O)OC[C@H]1O[C@@H](n2ccc(N)nc2=O)[C@H](O)[C@@H]1O. The smallest absolute Gasteiger partial charge is 0.462 e. The van der Waals surface area contributed by atoms with Crippen LogP contribution in [0.25, 0.3) is 0 Å². The molecule has 0 amide bonds.